The van der Waals surface area contributed by atoms with Crippen LogP contribution in [0.25, 0.3) is 78.0 Å². The Kier molecular flexibility index (Phi) is 7.71. The van der Waals surface area contributed by atoms with Crippen LogP contribution in [-0.4, -0.2) is 15.0 Å². The van der Waals surface area contributed by atoms with Crippen LogP contribution in [-0.2, 0) is 5.41 Å². The molecule has 4 aliphatic rings. The molecule has 4 bridgehead atoms. The SMILES string of the molecule is N#Cc1cccc2c(-c3nc(-c4ccccc4)nc(-c4ccc(-c5ccc6ccccc6c5)cc4)n3)cc(-c3ccc(C45CC6CC(CC(C6)C4)C5)cc3)cc12. The van der Waals surface area contributed by atoms with E-state index in [4.69, 9.17) is 15.0 Å². The fourth-order valence-corrected chi connectivity index (χ4v) is 10.8. The molecule has 8 aromatic rings. The van der Waals surface area contributed by atoms with Gasteiger partial charge in [-0.15, -0.1) is 0 Å². The lowest BCUT2D eigenvalue weighted by Gasteiger charge is -2.57. The van der Waals surface area contributed by atoms with E-state index in [9.17, 15) is 5.26 Å². The Morgan fingerprint density at radius 3 is 1.71 bits per heavy atom. The molecule has 0 spiro atoms. The molecule has 4 saturated carbocycles. The lowest BCUT2D eigenvalue weighted by molar-refractivity contribution is -0.00518. The van der Waals surface area contributed by atoms with E-state index in [0.29, 0.717) is 28.5 Å². The van der Waals surface area contributed by atoms with Crippen molar-refractivity contribution in [3.05, 3.63) is 163 Å². The summed E-state index contributed by atoms with van der Waals surface area (Å²) in [5.74, 6) is 4.51. The van der Waals surface area contributed by atoms with Gasteiger partial charge in [-0.05, 0) is 130 Å². The highest BCUT2D eigenvalue weighted by Gasteiger charge is 2.51. The lowest BCUT2D eigenvalue weighted by Crippen LogP contribution is -2.48. The number of rotatable bonds is 6. The first-order chi connectivity index (χ1) is 27.6. The quantitative estimate of drug-likeness (QED) is 0.172. The van der Waals surface area contributed by atoms with Gasteiger partial charge >= 0.3 is 0 Å². The molecule has 4 aliphatic carbocycles. The molecule has 7 aromatic carbocycles. The third kappa shape index (κ3) is 5.69. The van der Waals surface area contributed by atoms with Crippen molar-refractivity contribution in [1.82, 2.24) is 15.0 Å². The molecule has 4 nitrogen and oxygen atoms in total. The van der Waals surface area contributed by atoms with Gasteiger partial charge in [0, 0.05) is 22.1 Å². The maximum atomic E-state index is 10.3. The van der Waals surface area contributed by atoms with Gasteiger partial charge in [-0.25, -0.2) is 15.0 Å². The van der Waals surface area contributed by atoms with Crippen molar-refractivity contribution < 1.29 is 0 Å². The molecule has 0 amide bonds. The summed E-state index contributed by atoms with van der Waals surface area (Å²) < 4.78 is 0. The average molecular weight is 721 g/mol. The Morgan fingerprint density at radius 1 is 0.446 bits per heavy atom. The zero-order valence-electron chi connectivity index (χ0n) is 31.2. The molecule has 4 fully saturated rings. The second-order valence-corrected chi connectivity index (χ2v) is 16.6. The van der Waals surface area contributed by atoms with Gasteiger partial charge in [-0.3, -0.25) is 0 Å². The summed E-state index contributed by atoms with van der Waals surface area (Å²) in [6.07, 6.45) is 8.38. The van der Waals surface area contributed by atoms with Crippen molar-refractivity contribution in [1.29, 1.82) is 5.26 Å². The van der Waals surface area contributed by atoms with E-state index in [0.717, 1.165) is 61.9 Å². The predicted molar refractivity (Wildman–Crippen MR) is 227 cm³/mol. The number of hydrogen-bond donors (Lipinski definition) is 0. The van der Waals surface area contributed by atoms with Crippen molar-refractivity contribution in [3.8, 4) is 62.5 Å². The van der Waals surface area contributed by atoms with Gasteiger partial charge in [0.25, 0.3) is 0 Å². The third-order valence-electron chi connectivity index (χ3n) is 13.1. The Morgan fingerprint density at radius 2 is 1.02 bits per heavy atom. The summed E-state index contributed by atoms with van der Waals surface area (Å²) in [5, 5.41) is 14.6. The molecule has 1 heterocycles. The highest BCUT2D eigenvalue weighted by atomic mass is 15.0. The van der Waals surface area contributed by atoms with Crippen LogP contribution in [0.15, 0.2) is 152 Å². The van der Waals surface area contributed by atoms with E-state index >= 15 is 0 Å². The summed E-state index contributed by atoms with van der Waals surface area (Å²) in [6.45, 7) is 0. The van der Waals surface area contributed by atoms with Crippen LogP contribution in [0.4, 0.5) is 0 Å². The smallest absolute Gasteiger partial charge is 0.164 e. The van der Waals surface area contributed by atoms with Crippen molar-refractivity contribution in [2.24, 2.45) is 17.8 Å². The summed E-state index contributed by atoms with van der Waals surface area (Å²) in [7, 11) is 0. The average Bonchev–Trinajstić information content (AvgIpc) is 3.25. The normalized spacial score (nSPS) is 21.0. The third-order valence-corrected chi connectivity index (χ3v) is 13.1. The van der Waals surface area contributed by atoms with Crippen molar-refractivity contribution in [3.63, 3.8) is 0 Å². The first-order valence-corrected chi connectivity index (χ1v) is 20.1. The number of benzene rings is 7. The van der Waals surface area contributed by atoms with Gasteiger partial charge in [0.1, 0.15) is 0 Å². The van der Waals surface area contributed by atoms with Gasteiger partial charge in [-0.1, -0.05) is 127 Å². The zero-order valence-corrected chi connectivity index (χ0v) is 31.2. The van der Waals surface area contributed by atoms with Crippen LogP contribution in [0.2, 0.25) is 0 Å². The van der Waals surface area contributed by atoms with Crippen LogP contribution < -0.4 is 0 Å². The van der Waals surface area contributed by atoms with E-state index in [1.807, 2.05) is 42.5 Å². The lowest BCUT2D eigenvalue weighted by atomic mass is 9.48. The van der Waals surface area contributed by atoms with Crippen molar-refractivity contribution in [2.45, 2.75) is 43.9 Å². The fraction of sp³-hybridized carbons (Fsp3) is 0.192. The molecule has 0 N–H and O–H groups in total. The standard InChI is InChI=1S/C52H40N4/c53-32-43-11-6-12-46-47(43)27-44(38-19-21-45(22-20-38)52-29-33-23-34(30-52)25-35(24-33)31-52)28-48(46)51-55-49(39-8-2-1-3-9-39)54-50(56-51)40-16-13-37(14-17-40)42-18-15-36-7-4-5-10-41(36)26-42/h1-22,26-28,33-35H,23-25,29-31H2. The number of aromatic nitrogens is 3. The van der Waals surface area contributed by atoms with Crippen molar-refractivity contribution in [2.75, 3.05) is 0 Å². The second-order valence-electron chi connectivity index (χ2n) is 16.6. The molecule has 4 heteroatoms. The van der Waals surface area contributed by atoms with Crippen LogP contribution in [0.3, 0.4) is 0 Å². The Balaban J connectivity index is 1.02. The number of nitriles is 1. The van der Waals surface area contributed by atoms with Gasteiger partial charge in [0.05, 0.1) is 11.6 Å². The van der Waals surface area contributed by atoms with Crippen LogP contribution >= 0.6 is 0 Å². The molecule has 0 atom stereocenters. The van der Waals surface area contributed by atoms with Gasteiger partial charge in [0.2, 0.25) is 0 Å². The molecule has 0 saturated heterocycles. The monoisotopic (exact) mass is 720 g/mol. The molecule has 0 radical (unpaired) electrons. The van der Waals surface area contributed by atoms with Crippen molar-refractivity contribution >= 4 is 21.5 Å². The highest BCUT2D eigenvalue weighted by molar-refractivity contribution is 6.01. The first kappa shape index (κ1) is 32.9. The van der Waals surface area contributed by atoms with E-state index < -0.39 is 0 Å². The minimum absolute atomic E-state index is 0.346. The van der Waals surface area contributed by atoms with E-state index in [2.05, 4.69) is 115 Å². The van der Waals surface area contributed by atoms with Gasteiger partial charge < -0.3 is 0 Å². The topological polar surface area (TPSA) is 62.5 Å². The molecule has 1 aromatic heterocycles. The summed E-state index contributed by atoms with van der Waals surface area (Å²) in [4.78, 5) is 15.4. The maximum Gasteiger partial charge on any atom is 0.164 e. The molecular weight excluding hydrogens is 681 g/mol. The molecule has 0 unspecified atom stereocenters. The Hall–Kier alpha value is -6.44. The molecule has 12 rings (SSSR count). The minimum atomic E-state index is 0.346. The maximum absolute atomic E-state index is 10.3. The molecule has 268 valence electrons. The predicted octanol–water partition coefficient (Wildman–Crippen LogP) is 12.9. The first-order valence-electron chi connectivity index (χ1n) is 20.1. The highest BCUT2D eigenvalue weighted by Crippen LogP contribution is 2.60. The zero-order chi connectivity index (χ0) is 37.2. The number of fused-ring (bicyclic) bond motifs is 2. The Labute approximate surface area is 327 Å². The van der Waals surface area contributed by atoms with Gasteiger partial charge in [-0.2, -0.15) is 5.26 Å². The summed E-state index contributed by atoms with van der Waals surface area (Å²) in [6, 6.07) is 55.8. The minimum Gasteiger partial charge on any atom is -0.208 e. The van der Waals surface area contributed by atoms with Crippen LogP contribution in [0, 0.1) is 29.1 Å². The Bertz CT molecular complexity index is 2800. The summed E-state index contributed by atoms with van der Waals surface area (Å²) >= 11 is 0. The summed E-state index contributed by atoms with van der Waals surface area (Å²) in [5.41, 5.74) is 9.70. The molecule has 56 heavy (non-hydrogen) atoms. The second kappa shape index (κ2) is 13.1. The van der Waals surface area contributed by atoms with Crippen LogP contribution in [0.1, 0.15) is 49.7 Å². The number of hydrogen-bond acceptors (Lipinski definition) is 4. The van der Waals surface area contributed by atoms with E-state index in [1.54, 1.807) is 0 Å². The van der Waals surface area contributed by atoms with E-state index in [-0.39, 0.29) is 0 Å². The largest absolute Gasteiger partial charge is 0.208 e. The van der Waals surface area contributed by atoms with E-state index in [1.165, 1.54) is 60.4 Å². The fourth-order valence-electron chi connectivity index (χ4n) is 10.8. The number of nitrogens with zero attached hydrogens (tertiary/aromatic N) is 4. The van der Waals surface area contributed by atoms with Crippen LogP contribution in [0.5, 0.6) is 0 Å². The molecular formula is C52H40N4. The van der Waals surface area contributed by atoms with Gasteiger partial charge in [0.15, 0.2) is 17.5 Å². The molecule has 0 aliphatic heterocycles.